The van der Waals surface area contributed by atoms with Crippen LogP contribution in [0.25, 0.3) is 0 Å². The molecular formula is C28H28F12N4O2. The van der Waals surface area contributed by atoms with E-state index in [1.165, 1.54) is 0 Å². The van der Waals surface area contributed by atoms with E-state index >= 15 is 0 Å². The Morgan fingerprint density at radius 1 is 0.630 bits per heavy atom. The smallest absolute Gasteiger partial charge is 0.337 e. The molecule has 2 aromatic rings. The maximum atomic E-state index is 13.2. The molecule has 18 heteroatoms. The number of nitrogens with one attached hydrogen (secondary N) is 4. The number of halogens is 12. The van der Waals surface area contributed by atoms with Crippen LogP contribution in [0.2, 0.25) is 0 Å². The van der Waals surface area contributed by atoms with Gasteiger partial charge >= 0.3 is 36.8 Å². The number of hydrogen-bond donors (Lipinski definition) is 4. The summed E-state index contributed by atoms with van der Waals surface area (Å²) in [4.78, 5) is 25.2. The van der Waals surface area contributed by atoms with Crippen LogP contribution in [0.4, 0.5) is 73.6 Å². The quantitative estimate of drug-likeness (QED) is 0.238. The molecular weight excluding hydrogens is 652 g/mol. The van der Waals surface area contributed by atoms with Crippen molar-refractivity contribution in [2.24, 2.45) is 10.8 Å². The fraction of sp³-hybridized carbons (Fsp3) is 0.500. The summed E-state index contributed by atoms with van der Waals surface area (Å²) in [6, 6.07) is -1.77. The number of anilines is 2. The van der Waals surface area contributed by atoms with Crippen LogP contribution in [0.5, 0.6) is 0 Å². The molecule has 3 rings (SSSR count). The third kappa shape index (κ3) is 10.1. The number of hydrogen-bond acceptors (Lipinski definition) is 2. The zero-order valence-corrected chi connectivity index (χ0v) is 24.2. The number of benzene rings is 2. The Balaban J connectivity index is 1.71. The molecule has 0 aliphatic heterocycles. The second-order valence-corrected chi connectivity index (χ2v) is 12.3. The van der Waals surface area contributed by atoms with E-state index in [0.717, 1.165) is 0 Å². The van der Waals surface area contributed by atoms with Gasteiger partial charge in [0.05, 0.1) is 22.3 Å². The zero-order chi connectivity index (χ0) is 35.1. The maximum absolute atomic E-state index is 13.2. The van der Waals surface area contributed by atoms with Crippen molar-refractivity contribution in [3.63, 3.8) is 0 Å². The van der Waals surface area contributed by atoms with Crippen molar-refractivity contribution in [1.82, 2.24) is 10.6 Å². The van der Waals surface area contributed by atoms with Crippen molar-refractivity contribution < 1.29 is 62.3 Å². The number of alkyl halides is 12. The molecule has 0 unspecified atom stereocenters. The van der Waals surface area contributed by atoms with Gasteiger partial charge in [-0.1, -0.05) is 20.8 Å². The number of carbonyl (C=O) groups excluding carboxylic acids is 2. The molecule has 1 saturated carbocycles. The third-order valence-electron chi connectivity index (χ3n) is 7.15. The van der Waals surface area contributed by atoms with Crippen LogP contribution in [-0.4, -0.2) is 24.6 Å². The van der Waals surface area contributed by atoms with Crippen LogP contribution < -0.4 is 21.3 Å². The predicted octanol–water partition coefficient (Wildman–Crippen LogP) is 9.29. The van der Waals surface area contributed by atoms with Crippen molar-refractivity contribution in [3.05, 3.63) is 58.7 Å². The van der Waals surface area contributed by atoms with Crippen LogP contribution in [0, 0.1) is 10.8 Å². The van der Waals surface area contributed by atoms with Gasteiger partial charge in [0.15, 0.2) is 0 Å². The van der Waals surface area contributed by atoms with E-state index in [0.29, 0.717) is 37.1 Å². The molecule has 4 amide bonds. The summed E-state index contributed by atoms with van der Waals surface area (Å²) in [6.45, 7) is 5.09. The Kier molecular flexibility index (Phi) is 9.86. The lowest BCUT2D eigenvalue weighted by Gasteiger charge is -2.46. The van der Waals surface area contributed by atoms with Crippen molar-refractivity contribution >= 4 is 23.4 Å². The maximum Gasteiger partial charge on any atom is 0.416 e. The lowest BCUT2D eigenvalue weighted by Crippen LogP contribution is -2.51. The van der Waals surface area contributed by atoms with Crippen molar-refractivity contribution in [3.8, 4) is 0 Å². The van der Waals surface area contributed by atoms with Gasteiger partial charge in [-0.2, -0.15) is 52.7 Å². The highest BCUT2D eigenvalue weighted by Gasteiger charge is 2.43. The number of carbonyl (C=O) groups is 2. The Labute approximate surface area is 254 Å². The van der Waals surface area contributed by atoms with Gasteiger partial charge in [-0.25, -0.2) is 9.59 Å². The summed E-state index contributed by atoms with van der Waals surface area (Å²) < 4.78 is 158. The van der Waals surface area contributed by atoms with Gasteiger partial charge in [-0.05, 0) is 66.5 Å². The van der Waals surface area contributed by atoms with Crippen molar-refractivity contribution in [1.29, 1.82) is 0 Å². The first-order valence-corrected chi connectivity index (χ1v) is 13.4. The second kappa shape index (κ2) is 12.4. The van der Waals surface area contributed by atoms with E-state index in [9.17, 15) is 62.3 Å². The minimum Gasteiger partial charge on any atom is -0.337 e. The summed E-state index contributed by atoms with van der Waals surface area (Å²) in [5.74, 6) is 0. The normalized spacial score (nSPS) is 20.5. The SMILES string of the molecule is CC1(C)C[C@@H](NC(=O)Nc2cc(C(F)(F)F)cc(C(F)(F)F)c2)C[C@@](C)(CNC(=O)Nc2cc(C(F)(F)F)cc(C(F)(F)F)c2)C1. The molecule has 1 aliphatic carbocycles. The Morgan fingerprint density at radius 2 is 1.00 bits per heavy atom. The lowest BCUT2D eigenvalue weighted by atomic mass is 9.62. The lowest BCUT2D eigenvalue weighted by molar-refractivity contribution is -0.144. The molecule has 0 saturated heterocycles. The molecule has 2 atom stereocenters. The summed E-state index contributed by atoms with van der Waals surface area (Å²) in [5, 5.41) is 8.85. The van der Waals surface area contributed by atoms with Crippen LogP contribution in [0.3, 0.4) is 0 Å². The van der Waals surface area contributed by atoms with Crippen LogP contribution in [-0.2, 0) is 24.7 Å². The molecule has 1 fully saturated rings. The molecule has 4 N–H and O–H groups in total. The Bertz CT molecular complexity index is 1380. The first-order chi connectivity index (χ1) is 20.7. The molecule has 6 nitrogen and oxygen atoms in total. The van der Waals surface area contributed by atoms with E-state index in [1.807, 2.05) is 10.6 Å². The molecule has 0 heterocycles. The van der Waals surface area contributed by atoms with E-state index < -0.39 is 87.3 Å². The monoisotopic (exact) mass is 680 g/mol. The van der Waals surface area contributed by atoms with Gasteiger partial charge in [-0.15, -0.1) is 0 Å². The summed E-state index contributed by atoms with van der Waals surface area (Å²) in [6.07, 6.45) is -19.7. The van der Waals surface area contributed by atoms with Crippen LogP contribution >= 0.6 is 0 Å². The molecule has 46 heavy (non-hydrogen) atoms. The molecule has 2 aromatic carbocycles. The van der Waals surface area contributed by atoms with Gasteiger partial charge in [0.1, 0.15) is 0 Å². The largest absolute Gasteiger partial charge is 0.416 e. The van der Waals surface area contributed by atoms with Gasteiger partial charge in [-0.3, -0.25) is 0 Å². The van der Waals surface area contributed by atoms with E-state index in [2.05, 4.69) is 10.6 Å². The highest BCUT2D eigenvalue weighted by Crippen LogP contribution is 2.46. The summed E-state index contributed by atoms with van der Waals surface area (Å²) >= 11 is 0. The minimum atomic E-state index is -5.13. The number of amides is 4. The average Bonchev–Trinajstić information content (AvgIpc) is 2.84. The van der Waals surface area contributed by atoms with Gasteiger partial charge in [0.25, 0.3) is 0 Å². The molecule has 0 bridgehead atoms. The third-order valence-corrected chi connectivity index (χ3v) is 7.15. The zero-order valence-electron chi connectivity index (χ0n) is 24.2. The highest BCUT2D eigenvalue weighted by molar-refractivity contribution is 5.90. The number of rotatable bonds is 5. The first kappa shape index (κ1) is 36.6. The average molecular weight is 681 g/mol. The van der Waals surface area contributed by atoms with Gasteiger partial charge in [0, 0.05) is 24.0 Å². The van der Waals surface area contributed by atoms with Crippen LogP contribution in [0.1, 0.15) is 62.3 Å². The predicted molar refractivity (Wildman–Crippen MR) is 142 cm³/mol. The van der Waals surface area contributed by atoms with Crippen LogP contribution in [0.15, 0.2) is 36.4 Å². The molecule has 1 aliphatic rings. The van der Waals surface area contributed by atoms with E-state index in [1.54, 1.807) is 20.8 Å². The fourth-order valence-corrected chi connectivity index (χ4v) is 5.75. The van der Waals surface area contributed by atoms with Gasteiger partial charge in [0.2, 0.25) is 0 Å². The fourth-order valence-electron chi connectivity index (χ4n) is 5.75. The molecule has 0 radical (unpaired) electrons. The second-order valence-electron chi connectivity index (χ2n) is 12.3. The number of urea groups is 2. The minimum absolute atomic E-state index is 0.0937. The Hall–Kier alpha value is -3.86. The van der Waals surface area contributed by atoms with E-state index in [-0.39, 0.29) is 25.1 Å². The van der Waals surface area contributed by atoms with E-state index in [4.69, 9.17) is 0 Å². The first-order valence-electron chi connectivity index (χ1n) is 13.4. The van der Waals surface area contributed by atoms with Crippen molar-refractivity contribution in [2.75, 3.05) is 17.2 Å². The Morgan fingerprint density at radius 3 is 1.37 bits per heavy atom. The topological polar surface area (TPSA) is 82.3 Å². The highest BCUT2D eigenvalue weighted by atomic mass is 19.4. The van der Waals surface area contributed by atoms with Crippen molar-refractivity contribution in [2.45, 2.75) is 70.8 Å². The molecule has 0 aromatic heterocycles. The molecule has 0 spiro atoms. The summed E-state index contributed by atoms with van der Waals surface area (Å²) in [5.41, 5.74) is -9.43. The summed E-state index contributed by atoms with van der Waals surface area (Å²) in [7, 11) is 0. The molecule has 256 valence electrons. The van der Waals surface area contributed by atoms with Gasteiger partial charge < -0.3 is 21.3 Å². The standard InChI is InChI=1S/C28H28F12N4O2/c1-23(2)10-20(44-22(46)43-19-8-16(27(35,36)37)5-17(9-19)28(38,39)40)11-24(3,12-23)13-41-21(45)42-18-6-14(25(29,30)31)4-15(7-18)26(32,33)34/h4-9,20H,10-13H2,1-3H3,(H2,41,42,45)(H2,43,44,46)/t20-,24-/m1/s1.